The van der Waals surface area contributed by atoms with Gasteiger partial charge in [-0.15, -0.1) is 5.10 Å². The number of hydrogen-bond donors (Lipinski definition) is 1. The molecule has 0 amide bonds. The lowest BCUT2D eigenvalue weighted by atomic mass is 9.98. The molecule has 0 saturated heterocycles. The number of nitrogens with one attached hydrogen (secondary N) is 1. The van der Waals surface area contributed by atoms with Crippen LogP contribution in [0.5, 0.6) is 0 Å². The van der Waals surface area contributed by atoms with Gasteiger partial charge in [0.05, 0.1) is 19.2 Å². The maximum absolute atomic E-state index is 5.00. The molecule has 1 aliphatic carbocycles. The molecular formula is C12H23N5O. The predicted octanol–water partition coefficient (Wildman–Crippen LogP) is 1.02. The van der Waals surface area contributed by atoms with Crippen LogP contribution in [0.1, 0.15) is 38.6 Å². The summed E-state index contributed by atoms with van der Waals surface area (Å²) >= 11 is 0. The molecule has 1 aliphatic rings. The first-order valence-corrected chi connectivity index (χ1v) is 6.70. The fraction of sp³-hybridized carbons (Fsp3) is 0.917. The molecule has 3 unspecified atom stereocenters. The van der Waals surface area contributed by atoms with Gasteiger partial charge in [0.2, 0.25) is 0 Å². The number of nitrogens with zero attached hydrogens (tertiary/aromatic N) is 4. The van der Waals surface area contributed by atoms with Crippen LogP contribution in [0, 0.1) is 11.8 Å². The summed E-state index contributed by atoms with van der Waals surface area (Å²) in [6.45, 7) is 6.84. The van der Waals surface area contributed by atoms with E-state index >= 15 is 0 Å². The van der Waals surface area contributed by atoms with Crippen molar-refractivity contribution in [1.82, 2.24) is 25.5 Å². The Morgan fingerprint density at radius 3 is 2.89 bits per heavy atom. The van der Waals surface area contributed by atoms with E-state index in [1.807, 2.05) is 4.68 Å². The van der Waals surface area contributed by atoms with Gasteiger partial charge in [0.15, 0.2) is 5.82 Å². The van der Waals surface area contributed by atoms with Crippen LogP contribution in [-0.4, -0.2) is 40.5 Å². The molecule has 0 radical (unpaired) electrons. The number of hydrogen-bond acceptors (Lipinski definition) is 5. The van der Waals surface area contributed by atoms with Crippen molar-refractivity contribution >= 4 is 0 Å². The Morgan fingerprint density at radius 2 is 2.22 bits per heavy atom. The van der Waals surface area contributed by atoms with Gasteiger partial charge >= 0.3 is 0 Å². The first kappa shape index (κ1) is 13.4. The average molecular weight is 253 g/mol. The minimum Gasteiger partial charge on any atom is -0.383 e. The van der Waals surface area contributed by atoms with Gasteiger partial charge in [-0.05, 0) is 35.1 Å². The van der Waals surface area contributed by atoms with Gasteiger partial charge in [-0.3, -0.25) is 0 Å². The van der Waals surface area contributed by atoms with E-state index in [1.165, 1.54) is 12.8 Å². The van der Waals surface area contributed by atoms with E-state index < -0.39 is 0 Å². The van der Waals surface area contributed by atoms with Crippen LogP contribution in [0.3, 0.4) is 0 Å². The highest BCUT2D eigenvalue weighted by atomic mass is 16.5. The molecule has 3 atom stereocenters. The lowest BCUT2D eigenvalue weighted by molar-refractivity contribution is 0.198. The first-order valence-electron chi connectivity index (χ1n) is 6.70. The average Bonchev–Trinajstić information content (AvgIpc) is 2.94. The normalized spacial score (nSPS) is 27.8. The van der Waals surface area contributed by atoms with Crippen LogP contribution in [0.25, 0.3) is 0 Å². The quantitative estimate of drug-likeness (QED) is 0.767. The van der Waals surface area contributed by atoms with Crippen LogP contribution in [0.2, 0.25) is 0 Å². The monoisotopic (exact) mass is 253 g/mol. The molecule has 1 fully saturated rings. The van der Waals surface area contributed by atoms with Crippen molar-refractivity contribution in [1.29, 1.82) is 0 Å². The van der Waals surface area contributed by atoms with Gasteiger partial charge < -0.3 is 10.1 Å². The molecule has 102 valence electrons. The van der Waals surface area contributed by atoms with E-state index in [-0.39, 0.29) is 0 Å². The molecule has 0 aliphatic heterocycles. The Kier molecular flexibility index (Phi) is 4.66. The lowest BCUT2D eigenvalue weighted by Gasteiger charge is -2.19. The molecule has 1 aromatic rings. The number of tetrazole rings is 1. The van der Waals surface area contributed by atoms with E-state index in [0.717, 1.165) is 18.3 Å². The van der Waals surface area contributed by atoms with Gasteiger partial charge in [0.25, 0.3) is 0 Å². The molecule has 2 rings (SSSR count). The van der Waals surface area contributed by atoms with Crippen molar-refractivity contribution in [2.75, 3.05) is 20.3 Å². The van der Waals surface area contributed by atoms with Crippen LogP contribution < -0.4 is 5.32 Å². The lowest BCUT2D eigenvalue weighted by Crippen LogP contribution is -2.24. The molecule has 0 bridgehead atoms. The molecule has 0 spiro atoms. The van der Waals surface area contributed by atoms with Crippen molar-refractivity contribution in [2.24, 2.45) is 11.8 Å². The van der Waals surface area contributed by atoms with Crippen molar-refractivity contribution in [3.05, 3.63) is 5.82 Å². The van der Waals surface area contributed by atoms with Gasteiger partial charge in [-0.1, -0.05) is 13.8 Å². The van der Waals surface area contributed by atoms with Crippen LogP contribution in [-0.2, 0) is 11.3 Å². The summed E-state index contributed by atoms with van der Waals surface area (Å²) in [6, 6.07) is 0.453. The Bertz CT molecular complexity index is 367. The first-order chi connectivity index (χ1) is 8.74. The van der Waals surface area contributed by atoms with E-state index in [4.69, 9.17) is 4.74 Å². The van der Waals surface area contributed by atoms with E-state index in [2.05, 4.69) is 34.7 Å². The smallest absolute Gasteiger partial charge is 0.165 e. The zero-order chi connectivity index (χ0) is 13.0. The molecule has 1 saturated carbocycles. The highest BCUT2D eigenvalue weighted by Crippen LogP contribution is 2.39. The predicted molar refractivity (Wildman–Crippen MR) is 68.0 cm³/mol. The SMILES string of the molecule is COCCNCc1nnnn1C1CCC(C)C1C. The zero-order valence-electron chi connectivity index (χ0n) is 11.5. The van der Waals surface area contributed by atoms with Gasteiger partial charge in [-0.25, -0.2) is 4.68 Å². The summed E-state index contributed by atoms with van der Waals surface area (Å²) in [4.78, 5) is 0. The second kappa shape index (κ2) is 6.24. The standard InChI is InChI=1S/C12H23N5O/c1-9-4-5-11(10(9)2)17-12(14-15-16-17)8-13-6-7-18-3/h9-11,13H,4-8H2,1-3H3. The minimum absolute atomic E-state index is 0.453. The van der Waals surface area contributed by atoms with E-state index in [1.54, 1.807) is 7.11 Å². The van der Waals surface area contributed by atoms with Gasteiger partial charge in [-0.2, -0.15) is 0 Å². The molecule has 6 nitrogen and oxygen atoms in total. The maximum Gasteiger partial charge on any atom is 0.165 e. The third-order valence-corrected chi connectivity index (χ3v) is 4.06. The van der Waals surface area contributed by atoms with Gasteiger partial charge in [0, 0.05) is 13.7 Å². The summed E-state index contributed by atoms with van der Waals surface area (Å²) in [5.74, 6) is 2.33. The molecule has 1 heterocycles. The molecule has 1 N–H and O–H groups in total. The van der Waals surface area contributed by atoms with Crippen molar-refractivity contribution in [2.45, 2.75) is 39.3 Å². The van der Waals surface area contributed by atoms with E-state index in [9.17, 15) is 0 Å². The third kappa shape index (κ3) is 2.87. The van der Waals surface area contributed by atoms with Crippen LogP contribution >= 0.6 is 0 Å². The zero-order valence-corrected chi connectivity index (χ0v) is 11.5. The minimum atomic E-state index is 0.453. The Labute approximate surface area is 108 Å². The fourth-order valence-electron chi connectivity index (χ4n) is 2.64. The molecular weight excluding hydrogens is 230 g/mol. The van der Waals surface area contributed by atoms with Gasteiger partial charge in [0.1, 0.15) is 0 Å². The summed E-state index contributed by atoms with van der Waals surface area (Å²) < 4.78 is 7.01. The second-order valence-electron chi connectivity index (χ2n) is 5.19. The molecule has 0 aromatic carbocycles. The number of aromatic nitrogens is 4. The summed E-state index contributed by atoms with van der Waals surface area (Å²) in [5.41, 5.74) is 0. The Balaban J connectivity index is 1.95. The topological polar surface area (TPSA) is 64.9 Å². The largest absolute Gasteiger partial charge is 0.383 e. The molecule has 6 heteroatoms. The molecule has 18 heavy (non-hydrogen) atoms. The van der Waals surface area contributed by atoms with E-state index in [0.29, 0.717) is 25.1 Å². The summed E-state index contributed by atoms with van der Waals surface area (Å²) in [5, 5.41) is 15.4. The number of methoxy groups -OCH3 is 1. The van der Waals surface area contributed by atoms with Crippen molar-refractivity contribution < 1.29 is 4.74 Å². The number of rotatable bonds is 6. The number of ether oxygens (including phenoxy) is 1. The van der Waals surface area contributed by atoms with Crippen LogP contribution in [0.15, 0.2) is 0 Å². The highest BCUT2D eigenvalue weighted by molar-refractivity contribution is 4.90. The third-order valence-electron chi connectivity index (χ3n) is 4.06. The Hall–Kier alpha value is -1.01. The van der Waals surface area contributed by atoms with Crippen molar-refractivity contribution in [3.63, 3.8) is 0 Å². The Morgan fingerprint density at radius 1 is 1.39 bits per heavy atom. The fourth-order valence-corrected chi connectivity index (χ4v) is 2.64. The molecule has 1 aromatic heterocycles. The van der Waals surface area contributed by atoms with Crippen LogP contribution in [0.4, 0.5) is 0 Å². The second-order valence-corrected chi connectivity index (χ2v) is 5.19. The summed E-state index contributed by atoms with van der Waals surface area (Å²) in [6.07, 6.45) is 2.45. The van der Waals surface area contributed by atoms with Crippen molar-refractivity contribution in [3.8, 4) is 0 Å². The highest BCUT2D eigenvalue weighted by Gasteiger charge is 2.33. The summed E-state index contributed by atoms with van der Waals surface area (Å²) in [7, 11) is 1.70. The maximum atomic E-state index is 5.00.